The molecule has 0 amide bonds. The third-order valence-corrected chi connectivity index (χ3v) is 8.28. The minimum absolute atomic E-state index is 0.314. The summed E-state index contributed by atoms with van der Waals surface area (Å²) < 4.78 is 13.7. The molecule has 3 heteroatoms. The highest BCUT2D eigenvalue weighted by Gasteiger charge is 2.50. The molecule has 0 unspecified atom stereocenters. The van der Waals surface area contributed by atoms with Crippen LogP contribution < -0.4 is 0 Å². The third-order valence-electron chi connectivity index (χ3n) is 8.28. The SMILES string of the molecule is C=C1/C(=C\C=C2/CCC[C@@]3(C)[C@H]2CC[C@H]3[C@H](C)/C=C\CCC(C)(C)F)C[C@@H](O)C[C@@H]1O. The summed E-state index contributed by atoms with van der Waals surface area (Å²) >= 11 is 0. The van der Waals surface area contributed by atoms with Crippen molar-refractivity contribution in [3.8, 4) is 0 Å². The number of aliphatic hydroxyl groups excluding tert-OH is 2. The molecule has 3 fully saturated rings. The molecule has 0 aromatic carbocycles. The molecule has 0 bridgehead atoms. The highest BCUT2D eigenvalue weighted by Crippen LogP contribution is 2.59. The number of rotatable bonds is 6. The van der Waals surface area contributed by atoms with Gasteiger partial charge in [-0.1, -0.05) is 50.3 Å². The van der Waals surface area contributed by atoms with Crippen LogP contribution in [0.5, 0.6) is 0 Å². The number of allylic oxidation sites excluding steroid dienone is 5. The molecule has 0 saturated heterocycles. The fourth-order valence-corrected chi connectivity index (χ4v) is 6.48. The van der Waals surface area contributed by atoms with Crippen LogP contribution in [0.3, 0.4) is 0 Å². The largest absolute Gasteiger partial charge is 0.393 e. The van der Waals surface area contributed by atoms with E-state index in [1.54, 1.807) is 13.8 Å². The van der Waals surface area contributed by atoms with E-state index < -0.39 is 17.9 Å². The Balaban J connectivity index is 1.70. The molecule has 0 spiro atoms. The van der Waals surface area contributed by atoms with E-state index in [1.165, 1.54) is 31.3 Å². The van der Waals surface area contributed by atoms with Crippen LogP contribution in [0.4, 0.5) is 4.39 Å². The van der Waals surface area contributed by atoms with Gasteiger partial charge in [-0.3, -0.25) is 0 Å². The molecule has 0 radical (unpaired) electrons. The lowest BCUT2D eigenvalue weighted by Crippen LogP contribution is -2.35. The Morgan fingerprint density at radius 3 is 2.71 bits per heavy atom. The predicted octanol–water partition coefficient (Wildman–Crippen LogP) is 6.85. The van der Waals surface area contributed by atoms with Gasteiger partial charge in [-0.15, -0.1) is 0 Å². The Labute approximate surface area is 189 Å². The van der Waals surface area contributed by atoms with E-state index in [0.717, 1.165) is 24.0 Å². The Morgan fingerprint density at radius 2 is 2.00 bits per heavy atom. The molecule has 6 atom stereocenters. The quantitative estimate of drug-likeness (QED) is 0.453. The molecule has 3 aliphatic rings. The average Bonchev–Trinajstić information content (AvgIpc) is 3.03. The van der Waals surface area contributed by atoms with Crippen LogP contribution in [0.15, 0.2) is 47.6 Å². The maximum absolute atomic E-state index is 13.7. The van der Waals surface area contributed by atoms with E-state index in [1.807, 2.05) is 0 Å². The lowest BCUT2D eigenvalue weighted by Gasteiger charge is -2.44. The fraction of sp³-hybridized carbons (Fsp3) is 0.714. The van der Waals surface area contributed by atoms with Crippen LogP contribution in [-0.4, -0.2) is 28.1 Å². The van der Waals surface area contributed by atoms with E-state index in [0.29, 0.717) is 42.4 Å². The van der Waals surface area contributed by atoms with Crippen molar-refractivity contribution in [2.45, 2.75) is 103 Å². The summed E-state index contributed by atoms with van der Waals surface area (Å²) in [4.78, 5) is 0. The van der Waals surface area contributed by atoms with Gasteiger partial charge in [-0.2, -0.15) is 0 Å². The average molecular weight is 431 g/mol. The van der Waals surface area contributed by atoms with Crippen LogP contribution in [0, 0.1) is 23.2 Å². The molecule has 3 aliphatic carbocycles. The summed E-state index contributed by atoms with van der Waals surface area (Å²) in [6.07, 6.45) is 16.3. The molecule has 2 nitrogen and oxygen atoms in total. The van der Waals surface area contributed by atoms with Gasteiger partial charge in [0.2, 0.25) is 0 Å². The molecule has 0 aromatic rings. The summed E-state index contributed by atoms with van der Waals surface area (Å²) in [5, 5.41) is 20.2. The zero-order chi connectivity index (χ0) is 22.8. The van der Waals surface area contributed by atoms with E-state index >= 15 is 0 Å². The molecule has 2 N–H and O–H groups in total. The predicted molar refractivity (Wildman–Crippen MR) is 127 cm³/mol. The summed E-state index contributed by atoms with van der Waals surface area (Å²) in [6, 6.07) is 0. The third kappa shape index (κ3) is 5.79. The van der Waals surface area contributed by atoms with Crippen LogP contribution >= 0.6 is 0 Å². The first-order chi connectivity index (χ1) is 14.5. The van der Waals surface area contributed by atoms with Gasteiger partial charge in [0, 0.05) is 6.42 Å². The number of aliphatic hydroxyl groups is 2. The van der Waals surface area contributed by atoms with Gasteiger partial charge >= 0.3 is 0 Å². The first-order valence-corrected chi connectivity index (χ1v) is 12.3. The highest BCUT2D eigenvalue weighted by molar-refractivity contribution is 5.38. The minimum Gasteiger partial charge on any atom is -0.393 e. The first-order valence-electron chi connectivity index (χ1n) is 12.3. The monoisotopic (exact) mass is 430 g/mol. The Morgan fingerprint density at radius 1 is 1.26 bits per heavy atom. The molecular formula is C28H43FO2. The lowest BCUT2D eigenvalue weighted by molar-refractivity contribution is 0.0862. The van der Waals surface area contributed by atoms with Crippen molar-refractivity contribution in [3.63, 3.8) is 0 Å². The number of halogens is 1. The normalized spacial score (nSPS) is 38.2. The smallest absolute Gasteiger partial charge is 0.105 e. The van der Waals surface area contributed by atoms with Gasteiger partial charge in [0.1, 0.15) is 5.67 Å². The van der Waals surface area contributed by atoms with Crippen LogP contribution in [0.2, 0.25) is 0 Å². The number of hydrogen-bond acceptors (Lipinski definition) is 2. The van der Waals surface area contributed by atoms with Gasteiger partial charge in [-0.25, -0.2) is 4.39 Å². The second-order valence-electron chi connectivity index (χ2n) is 11.2. The van der Waals surface area contributed by atoms with Gasteiger partial charge in [0.05, 0.1) is 12.2 Å². The molecule has 0 aliphatic heterocycles. The van der Waals surface area contributed by atoms with Crippen molar-refractivity contribution in [2.75, 3.05) is 0 Å². The number of alkyl halides is 1. The molecular weight excluding hydrogens is 387 g/mol. The molecule has 31 heavy (non-hydrogen) atoms. The summed E-state index contributed by atoms with van der Waals surface area (Å²) in [5.74, 6) is 1.78. The maximum atomic E-state index is 13.7. The zero-order valence-electron chi connectivity index (χ0n) is 20.0. The van der Waals surface area contributed by atoms with Gasteiger partial charge in [-0.05, 0) is 99.5 Å². The lowest BCUT2D eigenvalue weighted by atomic mass is 9.61. The maximum Gasteiger partial charge on any atom is 0.105 e. The highest BCUT2D eigenvalue weighted by atomic mass is 19.1. The van der Waals surface area contributed by atoms with E-state index in [2.05, 4.69) is 44.7 Å². The Bertz CT molecular complexity index is 741. The van der Waals surface area contributed by atoms with E-state index in [4.69, 9.17) is 0 Å². The van der Waals surface area contributed by atoms with Crippen molar-refractivity contribution in [2.24, 2.45) is 23.2 Å². The van der Waals surface area contributed by atoms with Crippen molar-refractivity contribution in [1.82, 2.24) is 0 Å². The second kappa shape index (κ2) is 9.75. The van der Waals surface area contributed by atoms with Crippen molar-refractivity contribution in [3.05, 3.63) is 47.6 Å². The van der Waals surface area contributed by atoms with Crippen LogP contribution in [0.1, 0.15) is 85.5 Å². The van der Waals surface area contributed by atoms with Gasteiger partial charge in [0.15, 0.2) is 0 Å². The molecule has 0 aromatic heterocycles. The first kappa shape index (κ1) is 24.5. The Hall–Kier alpha value is -1.19. The van der Waals surface area contributed by atoms with Gasteiger partial charge in [0.25, 0.3) is 0 Å². The van der Waals surface area contributed by atoms with Gasteiger partial charge < -0.3 is 10.2 Å². The molecule has 174 valence electrons. The summed E-state index contributed by atoms with van der Waals surface area (Å²) in [7, 11) is 0. The van der Waals surface area contributed by atoms with Crippen molar-refractivity contribution in [1.29, 1.82) is 0 Å². The fourth-order valence-electron chi connectivity index (χ4n) is 6.48. The second-order valence-corrected chi connectivity index (χ2v) is 11.2. The summed E-state index contributed by atoms with van der Waals surface area (Å²) in [5.41, 5.74) is 2.51. The van der Waals surface area contributed by atoms with Crippen LogP contribution in [0.25, 0.3) is 0 Å². The molecule has 3 saturated carbocycles. The standard InChI is InChI=1S/C28H43FO2/c1-19(9-6-7-15-27(3,4)29)24-13-14-25-21(10-8-16-28(24,25)5)11-12-22-17-23(30)18-26(31)20(22)2/h6,9,11-12,19,23-26,30-31H,2,7-8,10,13-18H2,1,3-5H3/b9-6-,21-11+,22-12-/t19-,23-,24+,25+,26+,28-/m1/s1. The Kier molecular flexibility index (Phi) is 7.69. The topological polar surface area (TPSA) is 40.5 Å². The van der Waals surface area contributed by atoms with Crippen molar-refractivity contribution >= 4 is 0 Å². The molecule has 3 rings (SSSR count). The number of fused-ring (bicyclic) bond motifs is 1. The molecule has 0 heterocycles. The van der Waals surface area contributed by atoms with E-state index in [-0.39, 0.29) is 0 Å². The zero-order valence-corrected chi connectivity index (χ0v) is 20.0. The van der Waals surface area contributed by atoms with E-state index in [9.17, 15) is 14.6 Å². The summed E-state index contributed by atoms with van der Waals surface area (Å²) in [6.45, 7) is 12.2. The van der Waals surface area contributed by atoms with Crippen LogP contribution in [-0.2, 0) is 0 Å². The number of hydrogen-bond donors (Lipinski definition) is 2. The van der Waals surface area contributed by atoms with Crippen molar-refractivity contribution < 1.29 is 14.6 Å². The minimum atomic E-state index is -1.09.